The first-order valence-corrected chi connectivity index (χ1v) is 8.58. The fraction of sp³-hybridized carbons (Fsp3) is 0.200. The van der Waals surface area contributed by atoms with E-state index in [2.05, 4.69) is 10.3 Å². The second-order valence-electron chi connectivity index (χ2n) is 6.28. The quantitative estimate of drug-likeness (QED) is 0.523. The molecule has 0 aliphatic rings. The lowest BCUT2D eigenvalue weighted by molar-refractivity contribution is -0.385. The number of nitro groups is 1. The zero-order valence-electron chi connectivity index (χ0n) is 15.7. The van der Waals surface area contributed by atoms with Gasteiger partial charge in [0.1, 0.15) is 17.6 Å². The molecule has 144 valence electrons. The number of hydrogen-bond acceptors (Lipinski definition) is 5. The third-order valence-corrected chi connectivity index (χ3v) is 4.59. The van der Waals surface area contributed by atoms with Crippen LogP contribution in [0.4, 0.5) is 5.69 Å². The first-order valence-electron chi connectivity index (χ1n) is 8.58. The number of nitro benzene ring substituents is 1. The Hall–Kier alpha value is -3.68. The van der Waals surface area contributed by atoms with Crippen molar-refractivity contribution in [2.75, 3.05) is 7.11 Å². The van der Waals surface area contributed by atoms with E-state index >= 15 is 0 Å². The maximum absolute atomic E-state index is 13.0. The Morgan fingerprint density at radius 1 is 1.25 bits per heavy atom. The summed E-state index contributed by atoms with van der Waals surface area (Å²) in [4.78, 5) is 28.0. The van der Waals surface area contributed by atoms with Crippen LogP contribution in [0.15, 0.2) is 54.9 Å². The SMILES string of the molecule is COc1ccc(C(NC(=O)c2cccc([N+](=O)[O-])c2C)c2nccn2C)cc1. The molecule has 0 aliphatic carbocycles. The van der Waals surface area contributed by atoms with Gasteiger partial charge in [-0.05, 0) is 30.7 Å². The van der Waals surface area contributed by atoms with Crippen molar-refractivity contribution < 1.29 is 14.5 Å². The van der Waals surface area contributed by atoms with Crippen molar-refractivity contribution in [3.8, 4) is 5.75 Å². The van der Waals surface area contributed by atoms with Crippen molar-refractivity contribution in [2.45, 2.75) is 13.0 Å². The van der Waals surface area contributed by atoms with E-state index in [-0.39, 0.29) is 11.3 Å². The van der Waals surface area contributed by atoms with Crippen molar-refractivity contribution in [3.05, 3.63) is 87.5 Å². The molecule has 8 nitrogen and oxygen atoms in total. The summed E-state index contributed by atoms with van der Waals surface area (Å²) in [6.07, 6.45) is 3.44. The number of methoxy groups -OCH3 is 1. The Morgan fingerprint density at radius 3 is 2.54 bits per heavy atom. The minimum atomic E-state index is -0.530. The van der Waals surface area contributed by atoms with Crippen molar-refractivity contribution >= 4 is 11.6 Å². The van der Waals surface area contributed by atoms with Crippen LogP contribution < -0.4 is 10.1 Å². The second kappa shape index (κ2) is 7.91. The molecule has 0 bridgehead atoms. The van der Waals surface area contributed by atoms with E-state index in [4.69, 9.17) is 4.74 Å². The monoisotopic (exact) mass is 380 g/mol. The molecule has 0 saturated heterocycles. The Morgan fingerprint density at radius 2 is 1.96 bits per heavy atom. The molecule has 0 saturated carbocycles. The topological polar surface area (TPSA) is 99.3 Å². The van der Waals surface area contributed by atoms with E-state index in [1.807, 2.05) is 23.7 Å². The average molecular weight is 380 g/mol. The third kappa shape index (κ3) is 3.71. The lowest BCUT2D eigenvalue weighted by atomic mass is 10.0. The minimum Gasteiger partial charge on any atom is -0.497 e. The summed E-state index contributed by atoms with van der Waals surface area (Å²) < 4.78 is 7.01. The minimum absolute atomic E-state index is 0.0920. The van der Waals surface area contributed by atoms with Crippen LogP contribution >= 0.6 is 0 Å². The van der Waals surface area contributed by atoms with Crippen LogP contribution in [0.25, 0.3) is 0 Å². The molecule has 1 heterocycles. The largest absolute Gasteiger partial charge is 0.497 e. The number of rotatable bonds is 6. The molecule has 8 heteroatoms. The molecule has 1 amide bonds. The van der Waals surface area contributed by atoms with E-state index in [9.17, 15) is 14.9 Å². The first kappa shape index (κ1) is 19.1. The third-order valence-electron chi connectivity index (χ3n) is 4.59. The van der Waals surface area contributed by atoms with Crippen molar-refractivity contribution in [3.63, 3.8) is 0 Å². The number of hydrogen-bond donors (Lipinski definition) is 1. The van der Waals surface area contributed by atoms with Gasteiger partial charge in [0, 0.05) is 36.6 Å². The molecule has 1 unspecified atom stereocenters. The van der Waals surface area contributed by atoms with Gasteiger partial charge in [0.05, 0.1) is 12.0 Å². The van der Waals surface area contributed by atoms with E-state index < -0.39 is 16.9 Å². The molecule has 1 atom stereocenters. The number of nitrogens with zero attached hydrogens (tertiary/aromatic N) is 3. The van der Waals surface area contributed by atoms with Crippen LogP contribution in [0.3, 0.4) is 0 Å². The molecule has 2 aromatic carbocycles. The first-order chi connectivity index (χ1) is 13.4. The van der Waals surface area contributed by atoms with Gasteiger partial charge in [0.25, 0.3) is 11.6 Å². The lowest BCUT2D eigenvalue weighted by Crippen LogP contribution is -2.31. The normalized spacial score (nSPS) is 11.7. The average Bonchev–Trinajstić information content (AvgIpc) is 3.11. The van der Waals surface area contributed by atoms with Crippen molar-refractivity contribution in [1.29, 1.82) is 0 Å². The van der Waals surface area contributed by atoms with Crippen LogP contribution in [0, 0.1) is 17.0 Å². The van der Waals surface area contributed by atoms with E-state index in [1.165, 1.54) is 12.1 Å². The van der Waals surface area contributed by atoms with Crippen LogP contribution in [0.1, 0.15) is 33.4 Å². The van der Waals surface area contributed by atoms with Gasteiger partial charge in [-0.2, -0.15) is 0 Å². The number of ether oxygens (including phenoxy) is 1. The second-order valence-corrected chi connectivity index (χ2v) is 6.28. The standard InChI is InChI=1S/C20H20N4O4/c1-13-16(5-4-6-17(13)24(26)27)20(25)22-18(19-21-11-12-23(19)2)14-7-9-15(28-3)10-8-14/h4-12,18H,1-3H3,(H,22,25). The zero-order valence-corrected chi connectivity index (χ0v) is 15.7. The van der Waals surface area contributed by atoms with Gasteiger partial charge < -0.3 is 14.6 Å². The van der Waals surface area contributed by atoms with Crippen LogP contribution in [-0.2, 0) is 7.05 Å². The highest BCUT2D eigenvalue weighted by Gasteiger charge is 2.24. The maximum Gasteiger partial charge on any atom is 0.273 e. The molecule has 0 fully saturated rings. The lowest BCUT2D eigenvalue weighted by Gasteiger charge is -2.20. The van der Waals surface area contributed by atoms with E-state index in [0.29, 0.717) is 17.1 Å². The van der Waals surface area contributed by atoms with Crippen LogP contribution in [-0.4, -0.2) is 27.5 Å². The summed E-state index contributed by atoms with van der Waals surface area (Å²) in [5.74, 6) is 0.926. The predicted molar refractivity (Wildman–Crippen MR) is 103 cm³/mol. The summed E-state index contributed by atoms with van der Waals surface area (Å²) in [5, 5.41) is 14.1. The number of nitrogens with one attached hydrogen (secondary N) is 1. The molecule has 1 N–H and O–H groups in total. The highest BCUT2D eigenvalue weighted by atomic mass is 16.6. The Bertz CT molecular complexity index is 1010. The van der Waals surface area contributed by atoms with Gasteiger partial charge in [0.2, 0.25) is 0 Å². The summed E-state index contributed by atoms with van der Waals surface area (Å²) in [5.41, 5.74) is 1.29. The highest BCUT2D eigenvalue weighted by Crippen LogP contribution is 2.25. The van der Waals surface area contributed by atoms with E-state index in [0.717, 1.165) is 5.56 Å². The fourth-order valence-electron chi connectivity index (χ4n) is 3.02. The number of aryl methyl sites for hydroxylation is 1. The van der Waals surface area contributed by atoms with Crippen LogP contribution in [0.2, 0.25) is 0 Å². The summed E-state index contributed by atoms with van der Waals surface area (Å²) in [6, 6.07) is 11.2. The van der Waals surface area contributed by atoms with Crippen molar-refractivity contribution in [1.82, 2.24) is 14.9 Å². The smallest absolute Gasteiger partial charge is 0.273 e. The van der Waals surface area contributed by atoms with Crippen molar-refractivity contribution in [2.24, 2.45) is 7.05 Å². The zero-order chi connectivity index (χ0) is 20.3. The number of aromatic nitrogens is 2. The molecule has 0 aliphatic heterocycles. The van der Waals surface area contributed by atoms with Gasteiger partial charge in [-0.15, -0.1) is 0 Å². The Kier molecular flexibility index (Phi) is 5.39. The summed E-state index contributed by atoms with van der Waals surface area (Å²) in [6.45, 7) is 1.57. The van der Waals surface area contributed by atoms with Gasteiger partial charge in [-0.25, -0.2) is 4.98 Å². The highest BCUT2D eigenvalue weighted by molar-refractivity contribution is 5.97. The number of carbonyl (C=O) groups excluding carboxylic acids is 1. The molecule has 1 aromatic heterocycles. The summed E-state index contributed by atoms with van der Waals surface area (Å²) >= 11 is 0. The number of imidazole rings is 1. The Labute approximate surface area is 161 Å². The molecule has 3 aromatic rings. The molecule has 0 radical (unpaired) electrons. The van der Waals surface area contributed by atoms with Gasteiger partial charge in [-0.1, -0.05) is 18.2 Å². The maximum atomic E-state index is 13.0. The fourth-order valence-corrected chi connectivity index (χ4v) is 3.02. The molecule has 3 rings (SSSR count). The molecular formula is C20H20N4O4. The summed E-state index contributed by atoms with van der Waals surface area (Å²) in [7, 11) is 3.42. The molecular weight excluding hydrogens is 360 g/mol. The van der Waals surface area contributed by atoms with Crippen LogP contribution in [0.5, 0.6) is 5.75 Å². The molecule has 0 spiro atoms. The van der Waals surface area contributed by atoms with Gasteiger partial charge in [0.15, 0.2) is 0 Å². The van der Waals surface area contributed by atoms with Gasteiger partial charge in [-0.3, -0.25) is 14.9 Å². The predicted octanol–water partition coefficient (Wildman–Crippen LogP) is 3.16. The number of carbonyl (C=O) groups is 1. The number of benzene rings is 2. The van der Waals surface area contributed by atoms with Gasteiger partial charge >= 0.3 is 0 Å². The number of amides is 1. The molecule has 28 heavy (non-hydrogen) atoms. The Balaban J connectivity index is 1.98. The van der Waals surface area contributed by atoms with E-state index in [1.54, 1.807) is 44.6 Å².